The van der Waals surface area contributed by atoms with Crippen LogP contribution in [0.1, 0.15) is 27.2 Å². The van der Waals surface area contributed by atoms with Gasteiger partial charge in [-0.25, -0.2) is 15.0 Å². The smallest absolute Gasteiger partial charge is 0.427 e. The third-order valence-corrected chi connectivity index (χ3v) is 3.83. The molecule has 0 saturated carbocycles. The highest BCUT2D eigenvalue weighted by Gasteiger charge is 2.19. The van der Waals surface area contributed by atoms with Gasteiger partial charge in [0, 0.05) is 24.7 Å². The predicted octanol–water partition coefficient (Wildman–Crippen LogP) is 2.83. The van der Waals surface area contributed by atoms with E-state index in [-0.39, 0.29) is 24.0 Å². The monoisotopic (exact) mass is 414 g/mol. The van der Waals surface area contributed by atoms with E-state index in [1.54, 1.807) is 32.5 Å². The zero-order valence-corrected chi connectivity index (χ0v) is 17.1. The number of benzene rings is 1. The van der Waals surface area contributed by atoms with E-state index in [0.717, 1.165) is 5.75 Å². The molecular formula is C17H26N4O6S. The zero-order valence-electron chi connectivity index (χ0n) is 16.3. The Balaban J connectivity index is 2.45. The van der Waals surface area contributed by atoms with Crippen LogP contribution in [-0.2, 0) is 4.74 Å². The quantitative estimate of drug-likeness (QED) is 0.415. The summed E-state index contributed by atoms with van der Waals surface area (Å²) in [6.45, 7) is 5.58. The van der Waals surface area contributed by atoms with Gasteiger partial charge in [0.15, 0.2) is 0 Å². The molecule has 0 fully saturated rings. The van der Waals surface area contributed by atoms with Gasteiger partial charge in [0.25, 0.3) is 5.69 Å². The lowest BCUT2D eigenvalue weighted by Gasteiger charge is -2.23. The number of nitro groups is 1. The molecule has 1 aromatic rings. The first-order chi connectivity index (χ1) is 13.1. The molecule has 10 nitrogen and oxygen atoms in total. The lowest BCUT2D eigenvalue weighted by molar-refractivity contribution is -0.384. The minimum atomic E-state index is -0.783. The Morgan fingerprint density at radius 3 is 2.39 bits per heavy atom. The van der Waals surface area contributed by atoms with Gasteiger partial charge in [-0.15, -0.1) is 0 Å². The number of hydrogen-bond acceptors (Lipinski definition) is 8. The van der Waals surface area contributed by atoms with Crippen LogP contribution >= 0.6 is 11.8 Å². The fraction of sp³-hybridized carbons (Fsp3) is 0.529. The Hall–Kier alpha value is -2.53. The molecule has 0 aromatic heterocycles. The second kappa shape index (κ2) is 11.3. The SMILES string of the molecule is CSCC[C@@H](CNNC(=O)Oc1ccc([N+](=O)[O-])cc1)NC(=O)OC(C)(C)C. The number of nitro benzene ring substituents is 1. The van der Waals surface area contributed by atoms with Crippen LogP contribution in [0.5, 0.6) is 5.75 Å². The lowest BCUT2D eigenvalue weighted by Crippen LogP contribution is -2.49. The van der Waals surface area contributed by atoms with Crippen molar-refractivity contribution in [1.29, 1.82) is 0 Å². The average molecular weight is 414 g/mol. The number of carbonyl (C=O) groups is 2. The van der Waals surface area contributed by atoms with E-state index in [9.17, 15) is 19.7 Å². The van der Waals surface area contributed by atoms with Gasteiger partial charge in [0.2, 0.25) is 0 Å². The molecule has 0 unspecified atom stereocenters. The average Bonchev–Trinajstić information content (AvgIpc) is 2.58. The second-order valence-electron chi connectivity index (χ2n) is 6.77. The van der Waals surface area contributed by atoms with Gasteiger partial charge < -0.3 is 14.8 Å². The lowest BCUT2D eigenvalue weighted by atomic mass is 10.2. The van der Waals surface area contributed by atoms with E-state index in [2.05, 4.69) is 16.2 Å². The molecular weight excluding hydrogens is 388 g/mol. The molecule has 0 bridgehead atoms. The molecule has 3 N–H and O–H groups in total. The van der Waals surface area contributed by atoms with Gasteiger partial charge in [-0.1, -0.05) is 0 Å². The molecule has 0 aliphatic rings. The highest BCUT2D eigenvalue weighted by molar-refractivity contribution is 7.98. The molecule has 1 atom stereocenters. The van der Waals surface area contributed by atoms with Crippen molar-refractivity contribution >= 4 is 29.6 Å². The van der Waals surface area contributed by atoms with Crippen molar-refractivity contribution in [2.45, 2.75) is 38.8 Å². The fourth-order valence-corrected chi connectivity index (χ4v) is 2.49. The summed E-state index contributed by atoms with van der Waals surface area (Å²) in [6.07, 6.45) is 1.31. The third kappa shape index (κ3) is 9.97. The standard InChI is InChI=1S/C17H26N4O6S/c1-17(2,3)27-15(22)19-12(9-10-28-4)11-18-20-16(23)26-14-7-5-13(6-8-14)21(24)25/h5-8,12,18H,9-11H2,1-4H3,(H,19,22)(H,20,23)/t12-/m0/s1. The van der Waals surface area contributed by atoms with Crippen molar-refractivity contribution in [3.63, 3.8) is 0 Å². The molecule has 1 aromatic carbocycles. The summed E-state index contributed by atoms with van der Waals surface area (Å²) in [5.74, 6) is 0.978. The summed E-state index contributed by atoms with van der Waals surface area (Å²) in [7, 11) is 0. The van der Waals surface area contributed by atoms with Crippen LogP contribution in [0.4, 0.5) is 15.3 Å². The topological polar surface area (TPSA) is 132 Å². The van der Waals surface area contributed by atoms with E-state index in [4.69, 9.17) is 9.47 Å². The van der Waals surface area contributed by atoms with Crippen LogP contribution in [0.15, 0.2) is 24.3 Å². The molecule has 2 amide bonds. The van der Waals surface area contributed by atoms with Gasteiger partial charge in [0.1, 0.15) is 11.4 Å². The molecule has 1 rings (SSSR count). The molecule has 0 aliphatic heterocycles. The number of alkyl carbamates (subject to hydrolysis) is 1. The van der Waals surface area contributed by atoms with Crippen molar-refractivity contribution in [3.8, 4) is 5.75 Å². The Bertz CT molecular complexity index is 663. The van der Waals surface area contributed by atoms with Crippen LogP contribution in [0.25, 0.3) is 0 Å². The number of non-ortho nitro benzene ring substituents is 1. The molecule has 156 valence electrons. The van der Waals surface area contributed by atoms with Gasteiger partial charge in [-0.2, -0.15) is 11.8 Å². The zero-order chi connectivity index (χ0) is 21.2. The molecule has 0 spiro atoms. The number of ether oxygens (including phenoxy) is 2. The van der Waals surface area contributed by atoms with Crippen LogP contribution < -0.4 is 20.9 Å². The van der Waals surface area contributed by atoms with Crippen LogP contribution in [0.2, 0.25) is 0 Å². The summed E-state index contributed by atoms with van der Waals surface area (Å²) in [5.41, 5.74) is 4.35. The first kappa shape index (κ1) is 23.5. The number of thioether (sulfide) groups is 1. The second-order valence-corrected chi connectivity index (χ2v) is 7.76. The minimum absolute atomic E-state index is 0.101. The number of rotatable bonds is 9. The van der Waals surface area contributed by atoms with E-state index in [0.29, 0.717) is 6.42 Å². The number of carbonyl (C=O) groups excluding carboxylic acids is 2. The summed E-state index contributed by atoms with van der Waals surface area (Å²) in [4.78, 5) is 33.8. The maximum atomic E-state index is 11.9. The number of hydrogen-bond donors (Lipinski definition) is 3. The predicted molar refractivity (Wildman–Crippen MR) is 106 cm³/mol. The number of amides is 2. The van der Waals surface area contributed by atoms with Crippen LogP contribution in [0, 0.1) is 10.1 Å². The Morgan fingerprint density at radius 1 is 1.21 bits per heavy atom. The fourth-order valence-electron chi connectivity index (χ4n) is 1.97. The number of nitrogens with one attached hydrogen (secondary N) is 3. The molecule has 0 saturated heterocycles. The minimum Gasteiger partial charge on any atom is -0.444 e. The van der Waals surface area contributed by atoms with Gasteiger partial charge in [-0.3, -0.25) is 15.5 Å². The maximum absolute atomic E-state index is 11.9. The summed E-state index contributed by atoms with van der Waals surface area (Å²) < 4.78 is 10.2. The first-order valence-corrected chi connectivity index (χ1v) is 9.93. The molecule has 0 heterocycles. The molecule has 0 aliphatic carbocycles. The van der Waals surface area contributed by atoms with Crippen molar-refractivity contribution in [2.24, 2.45) is 0 Å². The highest BCUT2D eigenvalue weighted by Crippen LogP contribution is 2.17. The third-order valence-electron chi connectivity index (χ3n) is 3.19. The van der Waals surface area contributed by atoms with E-state index >= 15 is 0 Å². The number of hydrazine groups is 1. The highest BCUT2D eigenvalue weighted by atomic mass is 32.2. The molecule has 0 radical (unpaired) electrons. The summed E-state index contributed by atoms with van der Waals surface area (Å²) in [6, 6.07) is 4.85. The Morgan fingerprint density at radius 2 is 1.86 bits per heavy atom. The normalized spacial score (nSPS) is 12.0. The van der Waals surface area contributed by atoms with Gasteiger partial charge in [-0.05, 0) is 51.3 Å². The number of nitrogens with zero attached hydrogens (tertiary/aromatic N) is 1. The van der Waals surface area contributed by atoms with E-state index in [1.165, 1.54) is 24.3 Å². The Labute approximate surface area is 167 Å². The Kier molecular flexibility index (Phi) is 9.52. The van der Waals surface area contributed by atoms with Crippen molar-refractivity contribution in [2.75, 3.05) is 18.6 Å². The van der Waals surface area contributed by atoms with E-state index in [1.807, 2.05) is 6.26 Å². The summed E-state index contributed by atoms with van der Waals surface area (Å²) >= 11 is 1.63. The van der Waals surface area contributed by atoms with Crippen LogP contribution in [-0.4, -0.2) is 47.3 Å². The van der Waals surface area contributed by atoms with Crippen molar-refractivity contribution in [3.05, 3.63) is 34.4 Å². The maximum Gasteiger partial charge on any atom is 0.427 e. The van der Waals surface area contributed by atoms with E-state index < -0.39 is 22.7 Å². The van der Waals surface area contributed by atoms with Crippen molar-refractivity contribution < 1.29 is 24.0 Å². The largest absolute Gasteiger partial charge is 0.444 e. The van der Waals surface area contributed by atoms with Gasteiger partial charge in [0.05, 0.1) is 4.92 Å². The molecule has 28 heavy (non-hydrogen) atoms. The first-order valence-electron chi connectivity index (χ1n) is 8.54. The van der Waals surface area contributed by atoms with Crippen LogP contribution in [0.3, 0.4) is 0 Å². The summed E-state index contributed by atoms with van der Waals surface area (Å²) in [5, 5.41) is 13.4. The van der Waals surface area contributed by atoms with Gasteiger partial charge >= 0.3 is 12.2 Å². The van der Waals surface area contributed by atoms with Crippen molar-refractivity contribution in [1.82, 2.24) is 16.2 Å². The molecule has 11 heteroatoms.